The fraction of sp³-hybridized carbons (Fsp3) is 0.154. The summed E-state index contributed by atoms with van der Waals surface area (Å²) in [5, 5.41) is 0.882. The molecule has 0 bridgehead atoms. The van der Waals surface area contributed by atoms with Gasteiger partial charge in [-0.3, -0.25) is 0 Å². The monoisotopic (exact) mass is 213 g/mol. The summed E-state index contributed by atoms with van der Waals surface area (Å²) in [6, 6.07) is 8.19. The fourth-order valence-electron chi connectivity index (χ4n) is 1.18. The van der Waals surface area contributed by atoms with Crippen molar-refractivity contribution in [2.45, 2.75) is 13.8 Å². The Morgan fingerprint density at radius 2 is 1.80 bits per heavy atom. The Balaban J connectivity index is 2.22. The lowest BCUT2D eigenvalue weighted by Gasteiger charge is -1.90. The Kier molecular flexibility index (Phi) is 2.84. The molecule has 0 amide bonds. The van der Waals surface area contributed by atoms with Crippen LogP contribution in [0.15, 0.2) is 30.5 Å². The molecule has 0 radical (unpaired) electrons. The van der Waals surface area contributed by atoms with E-state index in [2.05, 4.69) is 35.9 Å². The topological polar surface area (TPSA) is 12.9 Å². The molecule has 1 aromatic heterocycles. The first-order valence-electron chi connectivity index (χ1n) is 4.75. The number of hydrogen-bond acceptors (Lipinski definition) is 2. The van der Waals surface area contributed by atoms with Crippen LogP contribution in [-0.4, -0.2) is 4.98 Å². The van der Waals surface area contributed by atoms with Gasteiger partial charge in [0.25, 0.3) is 0 Å². The molecule has 2 aromatic rings. The number of aromatic nitrogens is 1. The highest BCUT2D eigenvalue weighted by molar-refractivity contribution is 7.12. The van der Waals surface area contributed by atoms with Crippen molar-refractivity contribution in [3.63, 3.8) is 0 Å². The molecule has 0 atom stereocenters. The van der Waals surface area contributed by atoms with Crippen molar-refractivity contribution >= 4 is 11.3 Å². The van der Waals surface area contributed by atoms with Crippen molar-refractivity contribution in [3.8, 4) is 11.8 Å². The first-order valence-corrected chi connectivity index (χ1v) is 5.57. The summed E-state index contributed by atoms with van der Waals surface area (Å²) in [7, 11) is 0. The fourth-order valence-corrected chi connectivity index (χ4v) is 1.79. The minimum absolute atomic E-state index is 0.882. The predicted octanol–water partition coefficient (Wildman–Crippen LogP) is 3.16. The van der Waals surface area contributed by atoms with Crippen molar-refractivity contribution < 1.29 is 0 Å². The number of thiazole rings is 1. The zero-order valence-electron chi connectivity index (χ0n) is 8.74. The SMILES string of the molecule is Cc1ccc(C#Cc2ncc(C)s2)cc1. The van der Waals surface area contributed by atoms with Gasteiger partial charge in [0, 0.05) is 16.6 Å². The third kappa shape index (κ3) is 2.68. The molecule has 0 aliphatic rings. The Labute approximate surface area is 93.8 Å². The molecular formula is C13H11NS. The Hall–Kier alpha value is -1.59. The summed E-state index contributed by atoms with van der Waals surface area (Å²) < 4.78 is 0. The zero-order valence-corrected chi connectivity index (χ0v) is 9.56. The molecule has 0 unspecified atom stereocenters. The van der Waals surface area contributed by atoms with Gasteiger partial charge >= 0.3 is 0 Å². The average molecular weight is 213 g/mol. The smallest absolute Gasteiger partial charge is 0.167 e. The molecule has 1 nitrogen and oxygen atoms in total. The summed E-state index contributed by atoms with van der Waals surface area (Å²) in [5.41, 5.74) is 2.29. The molecule has 0 saturated heterocycles. The van der Waals surface area contributed by atoms with Gasteiger partial charge < -0.3 is 0 Å². The lowest BCUT2D eigenvalue weighted by Crippen LogP contribution is -1.75. The molecule has 0 fully saturated rings. The molecule has 0 aliphatic heterocycles. The van der Waals surface area contributed by atoms with Crippen molar-refractivity contribution in [1.29, 1.82) is 0 Å². The minimum Gasteiger partial charge on any atom is -0.236 e. The van der Waals surface area contributed by atoms with Crippen molar-refractivity contribution in [2.24, 2.45) is 0 Å². The molecule has 15 heavy (non-hydrogen) atoms. The van der Waals surface area contributed by atoms with Crippen LogP contribution in [-0.2, 0) is 0 Å². The van der Waals surface area contributed by atoms with E-state index in [4.69, 9.17) is 0 Å². The van der Waals surface area contributed by atoms with Crippen LogP contribution in [0.5, 0.6) is 0 Å². The highest BCUT2D eigenvalue weighted by atomic mass is 32.1. The van der Waals surface area contributed by atoms with Gasteiger partial charge in [-0.25, -0.2) is 4.98 Å². The highest BCUT2D eigenvalue weighted by Gasteiger charge is 1.92. The molecule has 0 saturated carbocycles. The van der Waals surface area contributed by atoms with Crippen LogP contribution in [0.25, 0.3) is 0 Å². The average Bonchev–Trinajstić information content (AvgIpc) is 2.64. The first kappa shape index (κ1) is 9.95. The summed E-state index contributed by atoms with van der Waals surface area (Å²) in [6.07, 6.45) is 1.85. The van der Waals surface area contributed by atoms with E-state index in [0.717, 1.165) is 10.6 Å². The maximum Gasteiger partial charge on any atom is 0.167 e. The van der Waals surface area contributed by atoms with E-state index in [1.165, 1.54) is 10.4 Å². The first-order chi connectivity index (χ1) is 7.24. The maximum absolute atomic E-state index is 4.19. The molecule has 0 aliphatic carbocycles. The molecular weight excluding hydrogens is 202 g/mol. The van der Waals surface area contributed by atoms with Gasteiger partial charge in [-0.15, -0.1) is 11.3 Å². The Morgan fingerprint density at radius 1 is 1.07 bits per heavy atom. The van der Waals surface area contributed by atoms with Gasteiger partial charge in [0.2, 0.25) is 0 Å². The van der Waals surface area contributed by atoms with Crippen LogP contribution in [0.2, 0.25) is 0 Å². The van der Waals surface area contributed by atoms with E-state index in [1.54, 1.807) is 11.3 Å². The summed E-state index contributed by atoms with van der Waals surface area (Å²) in [5.74, 6) is 6.16. The van der Waals surface area contributed by atoms with E-state index in [1.807, 2.05) is 25.3 Å². The van der Waals surface area contributed by atoms with Crippen molar-refractivity contribution in [3.05, 3.63) is 51.5 Å². The molecule has 0 N–H and O–H groups in total. The number of nitrogens with zero attached hydrogens (tertiary/aromatic N) is 1. The zero-order chi connectivity index (χ0) is 10.7. The van der Waals surface area contributed by atoms with Crippen LogP contribution in [0, 0.1) is 25.7 Å². The van der Waals surface area contributed by atoms with Gasteiger partial charge in [-0.1, -0.05) is 23.6 Å². The second-order valence-corrected chi connectivity index (χ2v) is 4.63. The van der Waals surface area contributed by atoms with Crippen LogP contribution in [0.3, 0.4) is 0 Å². The van der Waals surface area contributed by atoms with Crippen molar-refractivity contribution in [2.75, 3.05) is 0 Å². The number of hydrogen-bond donors (Lipinski definition) is 0. The van der Waals surface area contributed by atoms with E-state index in [-0.39, 0.29) is 0 Å². The van der Waals surface area contributed by atoms with Gasteiger partial charge in [-0.05, 0) is 31.9 Å². The molecule has 0 spiro atoms. The minimum atomic E-state index is 0.882. The largest absolute Gasteiger partial charge is 0.236 e. The van der Waals surface area contributed by atoms with Crippen LogP contribution in [0.1, 0.15) is 21.0 Å². The number of aryl methyl sites for hydroxylation is 2. The van der Waals surface area contributed by atoms with E-state index in [9.17, 15) is 0 Å². The molecule has 1 aromatic carbocycles. The summed E-state index contributed by atoms with van der Waals surface area (Å²) in [4.78, 5) is 5.39. The summed E-state index contributed by atoms with van der Waals surface area (Å²) >= 11 is 1.63. The molecule has 2 heteroatoms. The van der Waals surface area contributed by atoms with Gasteiger partial charge in [-0.2, -0.15) is 0 Å². The van der Waals surface area contributed by atoms with Crippen LogP contribution >= 0.6 is 11.3 Å². The molecule has 1 heterocycles. The normalized spacial score (nSPS) is 9.47. The molecule has 74 valence electrons. The predicted molar refractivity (Wildman–Crippen MR) is 64.0 cm³/mol. The number of benzene rings is 1. The lowest BCUT2D eigenvalue weighted by molar-refractivity contribution is 1.36. The molecule has 2 rings (SSSR count). The Morgan fingerprint density at radius 3 is 2.40 bits per heavy atom. The van der Waals surface area contributed by atoms with Gasteiger partial charge in [0.15, 0.2) is 5.01 Å². The highest BCUT2D eigenvalue weighted by Crippen LogP contribution is 2.09. The third-order valence-corrected chi connectivity index (χ3v) is 2.81. The Bertz CT molecular complexity index is 511. The van der Waals surface area contributed by atoms with E-state index >= 15 is 0 Å². The summed E-state index contributed by atoms with van der Waals surface area (Å²) in [6.45, 7) is 4.11. The van der Waals surface area contributed by atoms with Crippen molar-refractivity contribution in [1.82, 2.24) is 4.98 Å². The number of rotatable bonds is 0. The van der Waals surface area contributed by atoms with Gasteiger partial charge in [0.1, 0.15) is 0 Å². The van der Waals surface area contributed by atoms with E-state index in [0.29, 0.717) is 0 Å². The lowest BCUT2D eigenvalue weighted by atomic mass is 10.2. The van der Waals surface area contributed by atoms with Crippen LogP contribution in [0.4, 0.5) is 0 Å². The van der Waals surface area contributed by atoms with Crippen LogP contribution < -0.4 is 0 Å². The van der Waals surface area contributed by atoms with E-state index < -0.39 is 0 Å². The quantitative estimate of drug-likeness (QED) is 0.613. The maximum atomic E-state index is 4.19. The second kappa shape index (κ2) is 4.29. The second-order valence-electron chi connectivity index (χ2n) is 3.39. The van der Waals surface area contributed by atoms with Gasteiger partial charge in [0.05, 0.1) is 0 Å². The standard InChI is InChI=1S/C13H11NS/c1-10-3-5-12(6-4-10)7-8-13-14-9-11(2)15-13/h3-6,9H,1-2H3. The third-order valence-electron chi connectivity index (χ3n) is 1.99.